The van der Waals surface area contributed by atoms with Crippen LogP contribution in [0.15, 0.2) is 279 Å². The summed E-state index contributed by atoms with van der Waals surface area (Å²) in [6.07, 6.45) is 42.9. The van der Waals surface area contributed by atoms with Gasteiger partial charge in [-0.15, -0.1) is 12.1 Å². The monoisotopic (exact) mass is 2330 g/mol. The average Bonchev–Trinajstić information content (AvgIpc) is 1.50. The number of rotatable bonds is 13. The Hall–Kier alpha value is -5.28. The molecule has 12 aromatic rings. The molecule has 0 N–H and O–H groups in total. The Morgan fingerprint density at radius 1 is 0.336 bits per heavy atom. The van der Waals surface area contributed by atoms with E-state index in [1.807, 2.05) is 34.9 Å². The number of fused-ring (bicyclic) bond motifs is 3. The third kappa shape index (κ3) is 24.7. The van der Waals surface area contributed by atoms with Crippen LogP contribution in [0.4, 0.5) is 0 Å². The zero-order valence-electron chi connectivity index (χ0n) is 78.4. The minimum absolute atomic E-state index is 0. The molecule has 4 bridgehead atoms. The average molecular weight is 2330 g/mol. The van der Waals surface area contributed by atoms with E-state index < -0.39 is 29.0 Å². The second-order valence-corrected chi connectivity index (χ2v) is 52.6. The third-order valence-corrected chi connectivity index (χ3v) is 51.6. The molecule has 0 saturated carbocycles. The van der Waals surface area contributed by atoms with E-state index in [1.54, 1.807) is 102 Å². The van der Waals surface area contributed by atoms with Crippen LogP contribution < -0.4 is 37.1 Å². The van der Waals surface area contributed by atoms with E-state index in [4.69, 9.17) is 0 Å². The van der Waals surface area contributed by atoms with Gasteiger partial charge in [0, 0.05) is 62.1 Å². The summed E-state index contributed by atoms with van der Waals surface area (Å²) < 4.78 is 0. The Morgan fingerprint density at radius 2 is 0.672 bits per heavy atom. The first kappa shape index (κ1) is 108. The summed E-state index contributed by atoms with van der Waals surface area (Å²) >= 11 is 0. The SMILES string of the molecule is [CH2-]CCC.[CH2-]CCC.[CH2-]CCC.[CH2-]CCC.[CH2-]CCC.[CH2-]CCC.[CH2-]c1cccc([CH2-])c1[CH2-].[CH2-]c1cccc2c1[CH-][P+](c1ccccc1)(c1ccccc1)C2.[Pt+4].[Pt+4].[Pt].c1cc2c3c(c1)C[P+]1(C4CCCCC1CCC4)C3[P+]1(C2)C2CCCCC1CCC2.c1ccc(Pc2cccc3cc4cccc5c4c(c23)C(c2ccccc2)[P+]5(c2ccccc2)c2ccccc2)cc1. The molecule has 6 unspecified atom stereocenters. The van der Waals surface area contributed by atoms with E-state index in [-0.39, 0.29) is 68.9 Å². The van der Waals surface area contributed by atoms with Crippen LogP contribution >= 0.6 is 37.6 Å². The molecule has 128 heavy (non-hydrogen) atoms. The number of hydrogen-bond acceptors (Lipinski definition) is 0. The van der Waals surface area contributed by atoms with E-state index in [1.165, 1.54) is 147 Å². The Morgan fingerprint density at radius 3 is 1.07 bits per heavy atom. The third-order valence-electron chi connectivity index (χ3n) is 27.4. The molecule has 8 heteroatoms. The van der Waals surface area contributed by atoms with Crippen LogP contribution in [-0.4, -0.2) is 22.6 Å². The molecule has 0 nitrogen and oxygen atoms in total. The van der Waals surface area contributed by atoms with Gasteiger partial charge in [0.15, 0.2) is 5.40 Å². The molecular weight excluding hydrogens is 2180 g/mol. The molecule has 8 aliphatic heterocycles. The molecule has 4 fully saturated rings. The number of benzene rings is 12. The number of hydrogen-bond donors (Lipinski definition) is 0. The second kappa shape index (κ2) is 54.9. The van der Waals surface area contributed by atoms with Crippen LogP contribution in [0, 0.1) is 75.4 Å². The van der Waals surface area contributed by atoms with Crippen LogP contribution in [0.1, 0.15) is 281 Å². The van der Waals surface area contributed by atoms with Crippen LogP contribution in [0.5, 0.6) is 0 Å². The molecule has 20 rings (SSSR count). The quantitative estimate of drug-likeness (QED) is 0.0613. The molecule has 8 aliphatic rings. The van der Waals surface area contributed by atoms with E-state index in [0.717, 1.165) is 66.9 Å². The molecular formula is C120H150P5Pt3+. The topological polar surface area (TPSA) is 0 Å². The van der Waals surface area contributed by atoms with Crippen molar-refractivity contribution < 1.29 is 63.2 Å². The molecule has 0 radical (unpaired) electrons. The summed E-state index contributed by atoms with van der Waals surface area (Å²) in [6, 6.07) is 103. The van der Waals surface area contributed by atoms with Gasteiger partial charge in [-0.25, -0.2) is 18.2 Å². The zero-order chi connectivity index (χ0) is 88.6. The van der Waals surface area contributed by atoms with Crippen molar-refractivity contribution in [2.45, 2.75) is 261 Å². The molecule has 684 valence electrons. The fourth-order valence-electron chi connectivity index (χ4n) is 21.1. The Balaban J connectivity index is 0.000000204. The van der Waals surface area contributed by atoms with Gasteiger partial charge in [0.1, 0.15) is 28.8 Å². The minimum atomic E-state index is -2.15. The predicted molar refractivity (Wildman–Crippen MR) is 571 cm³/mol. The van der Waals surface area contributed by atoms with E-state index >= 15 is 0 Å². The Bertz CT molecular complexity index is 4940. The summed E-state index contributed by atoms with van der Waals surface area (Å²) in [4.78, 5) is 0. The largest absolute Gasteiger partial charge is 4.00 e. The van der Waals surface area contributed by atoms with Crippen LogP contribution in [-0.2, 0) is 81.7 Å². The van der Waals surface area contributed by atoms with Crippen molar-refractivity contribution in [1.29, 1.82) is 0 Å². The first-order chi connectivity index (χ1) is 61.2. The molecule has 12 aromatic carbocycles. The summed E-state index contributed by atoms with van der Waals surface area (Å²) in [5.74, 6) is 0. The van der Waals surface area contributed by atoms with Gasteiger partial charge >= 0.3 is 42.1 Å². The van der Waals surface area contributed by atoms with Crippen molar-refractivity contribution in [2.75, 3.05) is 0 Å². The standard InChI is InChI=1S/C39H29P2.C27H40P2.C21H18P.C9H9.6C4H9.3Pt/c1-5-15-28(16-6-1)39-38-36-29(17-13-25-34(36)40-31-19-7-2-8-20-31)27-30-18-14-26-35(37(30)38)41(39,32-21-9-3-10-22-32)33-23-11-4-12-24-33;1-2-11-23-15-6-14-22(10-1)28(23)18-20-8-5-9-21-19-29(27(28)26(20)21)24-12-3-4-13-25(29)17-7-16-24;1-17-9-8-10-18-15-22(16-21(17)18,19-11-4-2-5-12-19)20-13-6-3-7-14-20;1-7-5-4-6-8(2)9(7)3;6*1-3-4-2;;;/h1-27,39-40H;5,8-9,22-25,27H,1-4,6-7,10-19H2;2-14,16H,1,15H2;4-6H,1-3H2;6*1,3-4H2,2H3;;;/q+1;+2;-1;-3;6*-1;;2*+4. The molecule has 4 saturated heterocycles. The van der Waals surface area contributed by atoms with Crippen molar-refractivity contribution >= 4 is 96.3 Å². The molecule has 0 amide bonds. The van der Waals surface area contributed by atoms with Gasteiger partial charge in [-0.2, -0.15) is 50.2 Å². The van der Waals surface area contributed by atoms with Crippen molar-refractivity contribution in [2.24, 2.45) is 0 Å². The smallest absolute Gasteiger partial charge is 0.343 e. The van der Waals surface area contributed by atoms with E-state index in [9.17, 15) is 0 Å². The fraction of sp³-hybridized carbons (Fsp3) is 0.342. The summed E-state index contributed by atoms with van der Waals surface area (Å²) in [6.45, 7) is 49.9. The zero-order valence-corrected chi connectivity index (χ0v) is 89.8. The van der Waals surface area contributed by atoms with Gasteiger partial charge in [0.05, 0.1) is 60.1 Å². The van der Waals surface area contributed by atoms with Crippen molar-refractivity contribution in [3.63, 3.8) is 0 Å². The predicted octanol–water partition coefficient (Wildman–Crippen LogP) is 33.3. The minimum Gasteiger partial charge on any atom is -0.343 e. The first-order valence-corrected chi connectivity index (χ1v) is 57.3. The molecule has 8 heterocycles. The summed E-state index contributed by atoms with van der Waals surface area (Å²) in [5.41, 5.74) is 20.5. The first-order valence-electron chi connectivity index (χ1n) is 48.0. The van der Waals surface area contributed by atoms with Crippen molar-refractivity contribution in [3.8, 4) is 0 Å². The van der Waals surface area contributed by atoms with Gasteiger partial charge in [0.2, 0.25) is 0 Å². The summed E-state index contributed by atoms with van der Waals surface area (Å²) in [5, 5.41) is 16.9. The van der Waals surface area contributed by atoms with E-state index in [0.29, 0.717) is 8.58 Å². The molecule has 2 spiro atoms. The fourth-order valence-corrected chi connectivity index (χ4v) is 50.4. The van der Waals surface area contributed by atoms with E-state index in [2.05, 4.69) is 378 Å². The maximum absolute atomic E-state index is 4.23. The maximum atomic E-state index is 4.23. The molecule has 0 aromatic heterocycles. The maximum Gasteiger partial charge on any atom is 4.00 e. The van der Waals surface area contributed by atoms with Crippen molar-refractivity contribution in [1.82, 2.24) is 0 Å². The van der Waals surface area contributed by atoms with Crippen molar-refractivity contribution in [3.05, 3.63) is 416 Å². The Labute approximate surface area is 828 Å². The van der Waals surface area contributed by atoms with Gasteiger partial charge in [-0.3, -0.25) is 38.8 Å². The van der Waals surface area contributed by atoms with Gasteiger partial charge in [-0.05, 0) is 183 Å². The van der Waals surface area contributed by atoms with Gasteiger partial charge in [0.25, 0.3) is 0 Å². The number of unbranched alkanes of at least 4 members (excludes halogenated alkanes) is 6. The van der Waals surface area contributed by atoms with Gasteiger partial charge in [-0.1, -0.05) is 277 Å². The molecule has 0 aliphatic carbocycles. The van der Waals surface area contributed by atoms with Crippen LogP contribution in [0.3, 0.4) is 0 Å². The van der Waals surface area contributed by atoms with Gasteiger partial charge < -0.3 is 58.2 Å². The van der Waals surface area contributed by atoms with Crippen LogP contribution in [0.25, 0.3) is 21.5 Å². The molecule has 6 atom stereocenters. The van der Waals surface area contributed by atoms with Crippen LogP contribution in [0.2, 0.25) is 0 Å². The normalized spacial score (nSPS) is 20.5. The Kier molecular flexibility index (Phi) is 46.4. The summed E-state index contributed by atoms with van der Waals surface area (Å²) in [7, 11) is -4.86. The second-order valence-electron chi connectivity index (χ2n) is 35.5.